The summed E-state index contributed by atoms with van der Waals surface area (Å²) in [4.78, 5) is 22.7. The Kier molecular flexibility index (Phi) is 8.15. The van der Waals surface area contributed by atoms with Gasteiger partial charge in [-0.1, -0.05) is 12.1 Å². The number of anilines is 1. The standard InChI is InChI=1S/C29H33F2N5O3/c1-36(9-12-38-2)16-20-13-19(3-4-21(20)17-6-10-39-11-7-17)25-27(31)35-28(32)26(34-25)23-14-18-5-8-33-29(37)22(18)15-24(23)30/h3-4,13-15,17H,5-12,16H2,1-2H3,(H2,32,35)(H,33,37). The fourth-order valence-electron chi connectivity index (χ4n) is 5.35. The number of benzene rings is 2. The molecular formula is C29H33F2N5O3. The Labute approximate surface area is 226 Å². The minimum atomic E-state index is -0.827. The van der Waals surface area contributed by atoms with Gasteiger partial charge >= 0.3 is 0 Å². The Morgan fingerprint density at radius 1 is 1.13 bits per heavy atom. The molecule has 2 aromatic carbocycles. The van der Waals surface area contributed by atoms with Gasteiger partial charge in [0, 0.05) is 56.6 Å². The van der Waals surface area contributed by atoms with Crippen molar-refractivity contribution in [2.75, 3.05) is 52.8 Å². The fourth-order valence-corrected chi connectivity index (χ4v) is 5.35. The van der Waals surface area contributed by atoms with E-state index in [4.69, 9.17) is 15.2 Å². The quantitative estimate of drug-likeness (QED) is 0.449. The van der Waals surface area contributed by atoms with E-state index in [1.165, 1.54) is 11.6 Å². The second kappa shape index (κ2) is 11.7. The summed E-state index contributed by atoms with van der Waals surface area (Å²) in [6.45, 7) is 3.85. The number of ether oxygens (including phenoxy) is 2. The van der Waals surface area contributed by atoms with Gasteiger partial charge in [-0.3, -0.25) is 9.69 Å². The van der Waals surface area contributed by atoms with Crippen molar-refractivity contribution in [3.8, 4) is 22.5 Å². The van der Waals surface area contributed by atoms with Gasteiger partial charge in [-0.2, -0.15) is 9.37 Å². The van der Waals surface area contributed by atoms with E-state index in [2.05, 4.69) is 20.2 Å². The number of hydrogen-bond acceptors (Lipinski definition) is 7. The minimum Gasteiger partial charge on any atom is -0.383 e. The molecule has 206 valence electrons. The molecule has 0 unspecified atom stereocenters. The number of methoxy groups -OCH3 is 1. The number of nitrogens with two attached hydrogens (primary N) is 1. The second-order valence-electron chi connectivity index (χ2n) is 10.1. The zero-order valence-electron chi connectivity index (χ0n) is 22.2. The van der Waals surface area contributed by atoms with E-state index in [0.717, 1.165) is 24.9 Å². The molecule has 0 radical (unpaired) electrons. The summed E-state index contributed by atoms with van der Waals surface area (Å²) >= 11 is 0. The van der Waals surface area contributed by atoms with Gasteiger partial charge < -0.3 is 20.5 Å². The van der Waals surface area contributed by atoms with E-state index in [1.807, 2.05) is 25.2 Å². The van der Waals surface area contributed by atoms with Crippen LogP contribution in [0.25, 0.3) is 22.5 Å². The van der Waals surface area contributed by atoms with Gasteiger partial charge in [0.2, 0.25) is 5.95 Å². The van der Waals surface area contributed by atoms with Crippen molar-refractivity contribution < 1.29 is 23.0 Å². The first-order chi connectivity index (χ1) is 18.9. The first-order valence-corrected chi connectivity index (χ1v) is 13.2. The lowest BCUT2D eigenvalue weighted by molar-refractivity contribution is 0.0849. The molecule has 0 atom stereocenters. The van der Waals surface area contributed by atoms with Crippen LogP contribution in [0.3, 0.4) is 0 Å². The minimum absolute atomic E-state index is 0.00612. The molecule has 1 saturated heterocycles. The Bertz CT molecular complexity index is 1380. The summed E-state index contributed by atoms with van der Waals surface area (Å²) in [5.74, 6) is -1.69. The number of aromatic nitrogens is 2. The van der Waals surface area contributed by atoms with E-state index in [-0.39, 0.29) is 34.2 Å². The van der Waals surface area contributed by atoms with Gasteiger partial charge in [-0.05, 0) is 67.1 Å². The molecule has 2 aliphatic heterocycles. The molecule has 0 spiro atoms. The van der Waals surface area contributed by atoms with Crippen LogP contribution < -0.4 is 11.1 Å². The predicted octanol–water partition coefficient (Wildman–Crippen LogP) is 3.93. The van der Waals surface area contributed by atoms with Crippen LogP contribution in [0.4, 0.5) is 14.6 Å². The molecule has 3 aromatic rings. The number of nitrogen functional groups attached to an aromatic ring is 1. The van der Waals surface area contributed by atoms with Crippen LogP contribution in [-0.4, -0.2) is 67.8 Å². The Morgan fingerprint density at radius 3 is 2.69 bits per heavy atom. The van der Waals surface area contributed by atoms with Gasteiger partial charge in [0.25, 0.3) is 5.91 Å². The maximum atomic E-state index is 15.2. The molecule has 3 N–H and O–H groups in total. The number of fused-ring (bicyclic) bond motifs is 1. The normalized spacial score (nSPS) is 15.9. The summed E-state index contributed by atoms with van der Waals surface area (Å²) in [6.07, 6.45) is 2.39. The molecule has 2 aliphatic rings. The van der Waals surface area contributed by atoms with E-state index >= 15 is 8.78 Å². The zero-order chi connectivity index (χ0) is 27.5. The average molecular weight is 538 g/mol. The second-order valence-corrected chi connectivity index (χ2v) is 10.1. The molecule has 3 heterocycles. The molecule has 1 fully saturated rings. The van der Waals surface area contributed by atoms with Crippen LogP contribution in [0.5, 0.6) is 0 Å². The topological polar surface area (TPSA) is 103 Å². The van der Waals surface area contributed by atoms with Crippen molar-refractivity contribution in [3.63, 3.8) is 0 Å². The van der Waals surface area contributed by atoms with Gasteiger partial charge in [0.1, 0.15) is 17.2 Å². The van der Waals surface area contributed by atoms with Crippen LogP contribution in [-0.2, 0) is 22.4 Å². The number of hydrogen-bond donors (Lipinski definition) is 2. The lowest BCUT2D eigenvalue weighted by atomic mass is 9.87. The molecule has 5 rings (SSSR count). The Morgan fingerprint density at radius 2 is 1.92 bits per heavy atom. The molecule has 1 aromatic heterocycles. The number of nitrogens with one attached hydrogen (secondary N) is 1. The highest BCUT2D eigenvalue weighted by atomic mass is 19.1. The maximum absolute atomic E-state index is 15.2. The zero-order valence-corrected chi connectivity index (χ0v) is 22.2. The number of amides is 1. The first-order valence-electron chi connectivity index (χ1n) is 13.2. The Hall–Kier alpha value is -3.47. The van der Waals surface area contributed by atoms with Crippen LogP contribution in [0.1, 0.15) is 45.8 Å². The highest BCUT2D eigenvalue weighted by molar-refractivity contribution is 5.97. The van der Waals surface area contributed by atoms with Gasteiger partial charge in [-0.25, -0.2) is 9.37 Å². The Balaban J connectivity index is 1.56. The number of carbonyl (C=O) groups is 1. The molecule has 0 saturated carbocycles. The maximum Gasteiger partial charge on any atom is 0.251 e. The smallest absolute Gasteiger partial charge is 0.251 e. The summed E-state index contributed by atoms with van der Waals surface area (Å²) in [6, 6.07) is 8.55. The summed E-state index contributed by atoms with van der Waals surface area (Å²) < 4.78 is 41.2. The van der Waals surface area contributed by atoms with E-state index < -0.39 is 11.8 Å². The predicted molar refractivity (Wildman–Crippen MR) is 144 cm³/mol. The summed E-state index contributed by atoms with van der Waals surface area (Å²) in [5.41, 5.74) is 9.94. The molecule has 0 bridgehead atoms. The largest absolute Gasteiger partial charge is 0.383 e. The van der Waals surface area contributed by atoms with Crippen LogP contribution in [0.2, 0.25) is 0 Å². The highest BCUT2D eigenvalue weighted by Crippen LogP contribution is 2.35. The van der Waals surface area contributed by atoms with Crippen molar-refractivity contribution in [2.45, 2.75) is 31.7 Å². The lowest BCUT2D eigenvalue weighted by Crippen LogP contribution is -2.32. The highest BCUT2D eigenvalue weighted by Gasteiger charge is 2.25. The van der Waals surface area contributed by atoms with E-state index in [0.29, 0.717) is 56.4 Å². The fraction of sp³-hybridized carbons (Fsp3) is 0.414. The van der Waals surface area contributed by atoms with E-state index in [9.17, 15) is 4.79 Å². The molecule has 10 heteroatoms. The average Bonchev–Trinajstić information content (AvgIpc) is 2.93. The number of rotatable bonds is 8. The van der Waals surface area contributed by atoms with Gasteiger partial charge in [0.05, 0.1) is 6.61 Å². The molecular weight excluding hydrogens is 504 g/mol. The SMILES string of the molecule is COCCN(C)Cc1cc(-c2nc(-c3cc4c(cc3F)C(=O)NCC4)c(N)nc2F)ccc1C1CCOCC1. The van der Waals surface area contributed by atoms with Crippen molar-refractivity contribution in [1.29, 1.82) is 0 Å². The van der Waals surface area contributed by atoms with Crippen LogP contribution >= 0.6 is 0 Å². The third-order valence-electron chi connectivity index (χ3n) is 7.45. The molecule has 39 heavy (non-hydrogen) atoms. The van der Waals surface area contributed by atoms with Crippen molar-refractivity contribution in [3.05, 3.63) is 64.4 Å². The monoisotopic (exact) mass is 537 g/mol. The first kappa shape index (κ1) is 27.1. The molecule has 8 nitrogen and oxygen atoms in total. The number of likely N-dealkylation sites (N-methyl/N-ethyl adjacent to an activating group) is 1. The van der Waals surface area contributed by atoms with Gasteiger partial charge in [-0.15, -0.1) is 0 Å². The summed E-state index contributed by atoms with van der Waals surface area (Å²) in [7, 11) is 3.68. The van der Waals surface area contributed by atoms with Crippen molar-refractivity contribution in [2.24, 2.45) is 0 Å². The van der Waals surface area contributed by atoms with Crippen molar-refractivity contribution >= 4 is 11.7 Å². The number of carbonyl (C=O) groups excluding carboxylic acids is 1. The number of halogens is 2. The van der Waals surface area contributed by atoms with Gasteiger partial charge in [0.15, 0.2) is 5.82 Å². The summed E-state index contributed by atoms with van der Waals surface area (Å²) in [5, 5.41) is 2.71. The van der Waals surface area contributed by atoms with Crippen LogP contribution in [0, 0.1) is 11.8 Å². The van der Waals surface area contributed by atoms with Crippen LogP contribution in [0.15, 0.2) is 30.3 Å². The number of nitrogens with zero attached hydrogens (tertiary/aromatic N) is 3. The van der Waals surface area contributed by atoms with E-state index in [1.54, 1.807) is 13.2 Å². The molecule has 1 amide bonds. The molecule has 0 aliphatic carbocycles. The van der Waals surface area contributed by atoms with Crippen molar-refractivity contribution in [1.82, 2.24) is 20.2 Å². The third-order valence-corrected chi connectivity index (χ3v) is 7.45. The lowest BCUT2D eigenvalue weighted by Gasteiger charge is -2.27. The third kappa shape index (κ3) is 5.78.